The number of pyridine rings is 1. The maximum absolute atomic E-state index is 13.7. The highest BCUT2D eigenvalue weighted by atomic mass is 19.1. The molecule has 0 amide bonds. The molecule has 0 bridgehead atoms. The van der Waals surface area contributed by atoms with Gasteiger partial charge in [0.2, 0.25) is 0 Å². The second-order valence-corrected chi connectivity index (χ2v) is 4.71. The standard InChI is InChI=1S/C16H16FNO3/c1-10(2)21-16(19)15-13(17)8-9-14(18-15)11-4-6-12(20-3)7-5-11/h4-10H,1-3H3. The van der Waals surface area contributed by atoms with Crippen molar-refractivity contribution >= 4 is 5.97 Å². The number of aromatic nitrogens is 1. The van der Waals surface area contributed by atoms with Gasteiger partial charge < -0.3 is 9.47 Å². The maximum Gasteiger partial charge on any atom is 0.360 e. The van der Waals surface area contributed by atoms with Crippen molar-refractivity contribution in [3.8, 4) is 17.0 Å². The average Bonchev–Trinajstić information content (AvgIpc) is 2.47. The number of rotatable bonds is 4. The molecule has 0 radical (unpaired) electrons. The molecule has 1 heterocycles. The molecule has 0 fully saturated rings. The van der Waals surface area contributed by atoms with Gasteiger partial charge in [0, 0.05) is 5.56 Å². The van der Waals surface area contributed by atoms with Crippen LogP contribution < -0.4 is 4.74 Å². The van der Waals surface area contributed by atoms with Crippen LogP contribution in [0.1, 0.15) is 24.3 Å². The monoisotopic (exact) mass is 289 g/mol. The third kappa shape index (κ3) is 3.56. The Hall–Kier alpha value is -2.43. The molecular weight excluding hydrogens is 273 g/mol. The second-order valence-electron chi connectivity index (χ2n) is 4.71. The highest BCUT2D eigenvalue weighted by Crippen LogP contribution is 2.22. The van der Waals surface area contributed by atoms with Crippen LogP contribution in [-0.4, -0.2) is 24.2 Å². The zero-order valence-corrected chi connectivity index (χ0v) is 12.1. The van der Waals surface area contributed by atoms with E-state index in [0.717, 1.165) is 5.56 Å². The summed E-state index contributed by atoms with van der Waals surface area (Å²) in [6.07, 6.45) is -0.330. The van der Waals surface area contributed by atoms with E-state index in [1.165, 1.54) is 12.1 Å². The lowest BCUT2D eigenvalue weighted by atomic mass is 10.1. The van der Waals surface area contributed by atoms with Crippen molar-refractivity contribution < 1.29 is 18.7 Å². The van der Waals surface area contributed by atoms with Gasteiger partial charge in [-0.25, -0.2) is 14.2 Å². The van der Waals surface area contributed by atoms with Gasteiger partial charge in [-0.2, -0.15) is 0 Å². The number of hydrogen-bond acceptors (Lipinski definition) is 4. The molecule has 0 aliphatic rings. The summed E-state index contributed by atoms with van der Waals surface area (Å²) < 4.78 is 23.8. The lowest BCUT2D eigenvalue weighted by molar-refractivity contribution is 0.0365. The summed E-state index contributed by atoms with van der Waals surface area (Å²) in [5.41, 5.74) is 0.946. The minimum absolute atomic E-state index is 0.308. The molecule has 0 aliphatic carbocycles. The molecule has 1 aromatic carbocycles. The molecule has 0 spiro atoms. The molecule has 0 saturated heterocycles. The minimum atomic E-state index is -0.766. The summed E-state index contributed by atoms with van der Waals surface area (Å²) in [6.45, 7) is 3.40. The lowest BCUT2D eigenvalue weighted by Gasteiger charge is -2.09. The summed E-state index contributed by atoms with van der Waals surface area (Å²) in [6, 6.07) is 9.85. The second kappa shape index (κ2) is 6.35. The molecule has 0 saturated carbocycles. The Morgan fingerprint density at radius 1 is 1.14 bits per heavy atom. The number of halogens is 1. The Balaban J connectivity index is 2.35. The zero-order valence-electron chi connectivity index (χ0n) is 12.1. The largest absolute Gasteiger partial charge is 0.497 e. The molecule has 110 valence electrons. The third-order valence-corrected chi connectivity index (χ3v) is 2.77. The SMILES string of the molecule is COc1ccc(-c2ccc(F)c(C(=O)OC(C)C)n2)cc1. The highest BCUT2D eigenvalue weighted by Gasteiger charge is 2.17. The van der Waals surface area contributed by atoms with Crippen LogP contribution in [0.4, 0.5) is 4.39 Å². The van der Waals surface area contributed by atoms with Crippen molar-refractivity contribution in [1.82, 2.24) is 4.98 Å². The van der Waals surface area contributed by atoms with Gasteiger partial charge in [-0.3, -0.25) is 0 Å². The van der Waals surface area contributed by atoms with E-state index in [4.69, 9.17) is 9.47 Å². The summed E-state index contributed by atoms with van der Waals surface area (Å²) in [4.78, 5) is 15.9. The van der Waals surface area contributed by atoms with E-state index in [-0.39, 0.29) is 11.8 Å². The van der Waals surface area contributed by atoms with Gasteiger partial charge in [-0.1, -0.05) is 0 Å². The molecule has 4 nitrogen and oxygen atoms in total. The topological polar surface area (TPSA) is 48.4 Å². The Morgan fingerprint density at radius 2 is 1.81 bits per heavy atom. The van der Waals surface area contributed by atoms with Crippen LogP contribution >= 0.6 is 0 Å². The Kier molecular flexibility index (Phi) is 4.52. The molecule has 0 atom stereocenters. The van der Waals surface area contributed by atoms with E-state index >= 15 is 0 Å². The molecular formula is C16H16FNO3. The maximum atomic E-state index is 13.7. The number of hydrogen-bond donors (Lipinski definition) is 0. The molecule has 2 aromatic rings. The van der Waals surface area contributed by atoms with Gasteiger partial charge in [-0.05, 0) is 50.2 Å². The van der Waals surface area contributed by atoms with E-state index in [1.54, 1.807) is 45.2 Å². The van der Waals surface area contributed by atoms with Crippen LogP contribution in [0.5, 0.6) is 5.75 Å². The van der Waals surface area contributed by atoms with Crippen LogP contribution in [0.15, 0.2) is 36.4 Å². The van der Waals surface area contributed by atoms with Crippen molar-refractivity contribution in [1.29, 1.82) is 0 Å². The fourth-order valence-electron chi connectivity index (χ4n) is 1.78. The number of benzene rings is 1. The first-order valence-electron chi connectivity index (χ1n) is 6.53. The van der Waals surface area contributed by atoms with Crippen molar-refractivity contribution in [2.45, 2.75) is 20.0 Å². The van der Waals surface area contributed by atoms with Crippen molar-refractivity contribution in [2.24, 2.45) is 0 Å². The Labute approximate surface area is 122 Å². The number of ether oxygens (including phenoxy) is 2. The third-order valence-electron chi connectivity index (χ3n) is 2.77. The van der Waals surface area contributed by atoms with E-state index in [1.807, 2.05) is 0 Å². The molecule has 5 heteroatoms. The van der Waals surface area contributed by atoms with Crippen LogP contribution in [0.25, 0.3) is 11.3 Å². The smallest absolute Gasteiger partial charge is 0.360 e. The van der Waals surface area contributed by atoms with E-state index < -0.39 is 11.8 Å². The quantitative estimate of drug-likeness (QED) is 0.809. The van der Waals surface area contributed by atoms with Gasteiger partial charge in [0.05, 0.1) is 18.9 Å². The summed E-state index contributed by atoms with van der Waals surface area (Å²) in [5.74, 6) is -0.754. The van der Waals surface area contributed by atoms with Crippen molar-refractivity contribution in [3.05, 3.63) is 47.9 Å². The molecule has 0 unspecified atom stereocenters. The van der Waals surface area contributed by atoms with Crippen LogP contribution in [0.2, 0.25) is 0 Å². The number of carbonyl (C=O) groups is 1. The first-order valence-corrected chi connectivity index (χ1v) is 6.53. The molecule has 21 heavy (non-hydrogen) atoms. The van der Waals surface area contributed by atoms with Gasteiger partial charge >= 0.3 is 5.97 Å². The van der Waals surface area contributed by atoms with Crippen molar-refractivity contribution in [2.75, 3.05) is 7.11 Å². The zero-order chi connectivity index (χ0) is 15.4. The number of carbonyl (C=O) groups excluding carboxylic acids is 1. The van der Waals surface area contributed by atoms with Gasteiger partial charge in [0.15, 0.2) is 11.5 Å². The lowest BCUT2D eigenvalue weighted by Crippen LogP contribution is -2.15. The van der Waals surface area contributed by atoms with E-state index in [9.17, 15) is 9.18 Å². The van der Waals surface area contributed by atoms with Crippen LogP contribution in [0.3, 0.4) is 0 Å². The summed E-state index contributed by atoms with van der Waals surface area (Å²) in [5, 5.41) is 0. The first-order chi connectivity index (χ1) is 10.0. The van der Waals surface area contributed by atoms with Crippen LogP contribution in [-0.2, 0) is 4.74 Å². The summed E-state index contributed by atoms with van der Waals surface area (Å²) >= 11 is 0. The molecule has 1 aromatic heterocycles. The van der Waals surface area contributed by atoms with Gasteiger partial charge in [0.25, 0.3) is 0 Å². The fraction of sp³-hybridized carbons (Fsp3) is 0.250. The van der Waals surface area contributed by atoms with Gasteiger partial charge in [0.1, 0.15) is 5.75 Å². The predicted molar refractivity (Wildman–Crippen MR) is 76.7 cm³/mol. The molecule has 2 rings (SSSR count). The number of esters is 1. The molecule has 0 aliphatic heterocycles. The van der Waals surface area contributed by atoms with Crippen LogP contribution in [0, 0.1) is 5.82 Å². The average molecular weight is 289 g/mol. The predicted octanol–water partition coefficient (Wildman–Crippen LogP) is 3.46. The molecule has 0 N–H and O–H groups in total. The minimum Gasteiger partial charge on any atom is -0.497 e. The van der Waals surface area contributed by atoms with E-state index in [2.05, 4.69) is 4.98 Å². The number of methoxy groups -OCH3 is 1. The van der Waals surface area contributed by atoms with Crippen molar-refractivity contribution in [3.63, 3.8) is 0 Å². The Bertz CT molecular complexity index is 638. The van der Waals surface area contributed by atoms with Gasteiger partial charge in [-0.15, -0.1) is 0 Å². The summed E-state index contributed by atoms with van der Waals surface area (Å²) in [7, 11) is 1.57. The fourth-order valence-corrected chi connectivity index (χ4v) is 1.78. The Morgan fingerprint density at radius 3 is 2.38 bits per heavy atom. The first kappa shape index (κ1) is 15.0. The normalized spacial score (nSPS) is 10.5. The number of nitrogens with zero attached hydrogens (tertiary/aromatic N) is 1. The van der Waals surface area contributed by atoms with E-state index in [0.29, 0.717) is 11.4 Å². The highest BCUT2D eigenvalue weighted by molar-refractivity contribution is 5.88.